The van der Waals surface area contributed by atoms with Crippen LogP contribution in [0.15, 0.2) is 34.9 Å². The molecule has 1 N–H and O–H groups in total. The molecule has 0 bridgehead atoms. The summed E-state index contributed by atoms with van der Waals surface area (Å²) >= 11 is 0. The molecule has 0 aliphatic heterocycles. The van der Waals surface area contributed by atoms with Gasteiger partial charge >= 0.3 is 0 Å². The summed E-state index contributed by atoms with van der Waals surface area (Å²) in [6, 6.07) is 0. The van der Waals surface area contributed by atoms with Gasteiger partial charge in [-0.25, -0.2) is 0 Å². The van der Waals surface area contributed by atoms with E-state index in [4.69, 9.17) is 0 Å². The van der Waals surface area contributed by atoms with Crippen LogP contribution in [-0.2, 0) is 0 Å². The second kappa shape index (κ2) is 7.70. The molecule has 29 heavy (non-hydrogen) atoms. The highest BCUT2D eigenvalue weighted by Gasteiger charge is 2.53. The van der Waals surface area contributed by atoms with Gasteiger partial charge in [0.2, 0.25) is 0 Å². The van der Waals surface area contributed by atoms with Gasteiger partial charge in [0.25, 0.3) is 0 Å². The van der Waals surface area contributed by atoms with Crippen LogP contribution in [0.2, 0.25) is 0 Å². The third-order valence-electron chi connectivity index (χ3n) is 9.90. The minimum absolute atomic E-state index is 0.103. The Morgan fingerprint density at radius 1 is 1.00 bits per heavy atom. The van der Waals surface area contributed by atoms with Crippen molar-refractivity contribution < 1.29 is 5.11 Å². The highest BCUT2D eigenvalue weighted by atomic mass is 16.3. The van der Waals surface area contributed by atoms with E-state index in [0.29, 0.717) is 22.7 Å². The fourth-order valence-electron chi connectivity index (χ4n) is 7.50. The zero-order chi connectivity index (χ0) is 21.0. The summed E-state index contributed by atoms with van der Waals surface area (Å²) in [7, 11) is 0. The number of hydrogen-bond donors (Lipinski definition) is 1. The fourth-order valence-corrected chi connectivity index (χ4v) is 7.50. The molecular formula is C28H44O. The van der Waals surface area contributed by atoms with Crippen molar-refractivity contribution in [2.24, 2.45) is 40.4 Å². The Morgan fingerprint density at radius 3 is 2.45 bits per heavy atom. The van der Waals surface area contributed by atoms with E-state index in [2.05, 4.69) is 59.8 Å². The van der Waals surface area contributed by atoms with Gasteiger partial charge in [-0.1, -0.05) is 76.5 Å². The van der Waals surface area contributed by atoms with Gasteiger partial charge in [-0.15, -0.1) is 0 Å². The van der Waals surface area contributed by atoms with Crippen molar-refractivity contribution in [2.45, 2.75) is 99.0 Å². The molecule has 1 nitrogen and oxygen atoms in total. The second-order valence-corrected chi connectivity index (χ2v) is 11.8. The number of aliphatic hydroxyl groups excluding tert-OH is 1. The molecule has 4 aliphatic carbocycles. The van der Waals surface area contributed by atoms with Crippen LogP contribution in [0.4, 0.5) is 0 Å². The van der Waals surface area contributed by atoms with E-state index >= 15 is 0 Å². The summed E-state index contributed by atoms with van der Waals surface area (Å²) in [5.74, 6) is 3.61. The minimum atomic E-state index is -0.103. The van der Waals surface area contributed by atoms with Gasteiger partial charge in [0.1, 0.15) is 0 Å². The van der Waals surface area contributed by atoms with Crippen LogP contribution in [0, 0.1) is 40.4 Å². The fraction of sp³-hybridized carbons (Fsp3) is 0.786. The first-order chi connectivity index (χ1) is 13.7. The van der Waals surface area contributed by atoms with Gasteiger partial charge in [-0.2, -0.15) is 0 Å². The predicted octanol–water partition coefficient (Wildman–Crippen LogP) is 7.47. The Balaban J connectivity index is 1.61. The Kier molecular flexibility index (Phi) is 5.69. The van der Waals surface area contributed by atoms with Crippen molar-refractivity contribution in [3.8, 4) is 0 Å². The summed E-state index contributed by atoms with van der Waals surface area (Å²) < 4.78 is 0. The molecule has 0 saturated heterocycles. The van der Waals surface area contributed by atoms with Crippen LogP contribution in [0.25, 0.3) is 0 Å². The average molecular weight is 397 g/mol. The molecule has 1 heteroatoms. The lowest BCUT2D eigenvalue weighted by Crippen LogP contribution is -2.43. The standard InChI is InChI=1S/C28H44O/c1-18(2)19(3)7-8-20(4)24-11-12-25-23-10-9-21-17-22(29)13-15-27(21,5)26(23)14-16-28(24,25)6/h7-9,18-20,22,24,26,29H,10-17H2,1-6H3/b8-7+/t19-,20+,22-,24+,26-,27-,28+/m0/s1. The molecule has 162 valence electrons. The lowest BCUT2D eigenvalue weighted by atomic mass is 9.52. The topological polar surface area (TPSA) is 20.2 Å². The van der Waals surface area contributed by atoms with Gasteiger partial charge in [-0.3, -0.25) is 0 Å². The third kappa shape index (κ3) is 3.50. The maximum absolute atomic E-state index is 10.2. The van der Waals surface area contributed by atoms with Gasteiger partial charge in [0, 0.05) is 0 Å². The highest BCUT2D eigenvalue weighted by Crippen LogP contribution is 2.64. The van der Waals surface area contributed by atoms with Crippen molar-refractivity contribution in [3.63, 3.8) is 0 Å². The van der Waals surface area contributed by atoms with Gasteiger partial charge in [0.05, 0.1) is 6.10 Å². The first-order valence-corrected chi connectivity index (χ1v) is 12.4. The monoisotopic (exact) mass is 396 g/mol. The smallest absolute Gasteiger partial charge is 0.0577 e. The quantitative estimate of drug-likeness (QED) is 0.488. The SMILES string of the molecule is CC(C)[C@@H](C)/C=C/[C@@H](C)[C@H]1CCC2=C3CC=C4C[C@@H](O)CC[C@]4(C)[C@H]3CC[C@@]21C. The van der Waals surface area contributed by atoms with Crippen LogP contribution < -0.4 is 0 Å². The van der Waals surface area contributed by atoms with Crippen LogP contribution in [0.5, 0.6) is 0 Å². The van der Waals surface area contributed by atoms with Crippen LogP contribution in [0.3, 0.4) is 0 Å². The molecule has 7 atom stereocenters. The van der Waals surface area contributed by atoms with Crippen molar-refractivity contribution >= 4 is 0 Å². The molecule has 2 fully saturated rings. The van der Waals surface area contributed by atoms with E-state index in [1.165, 1.54) is 32.1 Å². The number of rotatable bonds is 4. The third-order valence-corrected chi connectivity index (χ3v) is 9.90. The van der Waals surface area contributed by atoms with E-state index in [-0.39, 0.29) is 6.10 Å². The maximum Gasteiger partial charge on any atom is 0.0577 e. The van der Waals surface area contributed by atoms with Crippen molar-refractivity contribution in [2.75, 3.05) is 0 Å². The summed E-state index contributed by atoms with van der Waals surface area (Å²) in [5.41, 5.74) is 5.96. The first-order valence-electron chi connectivity index (χ1n) is 12.4. The predicted molar refractivity (Wildman–Crippen MR) is 124 cm³/mol. The lowest BCUT2D eigenvalue weighted by molar-refractivity contribution is 0.0711. The summed E-state index contributed by atoms with van der Waals surface area (Å²) in [5, 5.41) is 10.2. The number of allylic oxidation sites excluding steroid dienone is 5. The Morgan fingerprint density at radius 2 is 1.72 bits per heavy atom. The zero-order valence-electron chi connectivity index (χ0n) is 19.8. The maximum atomic E-state index is 10.2. The van der Waals surface area contributed by atoms with E-state index in [1.54, 1.807) is 5.57 Å². The average Bonchev–Trinajstić information content (AvgIpc) is 3.03. The minimum Gasteiger partial charge on any atom is -0.393 e. The van der Waals surface area contributed by atoms with Gasteiger partial charge in [-0.05, 0) is 91.8 Å². The molecule has 0 aromatic heterocycles. The second-order valence-electron chi connectivity index (χ2n) is 11.8. The lowest BCUT2D eigenvalue weighted by Gasteiger charge is -2.53. The van der Waals surface area contributed by atoms with E-state index in [0.717, 1.165) is 37.0 Å². The molecular weight excluding hydrogens is 352 g/mol. The van der Waals surface area contributed by atoms with E-state index < -0.39 is 0 Å². The molecule has 0 spiro atoms. The molecule has 2 saturated carbocycles. The molecule has 0 amide bonds. The highest BCUT2D eigenvalue weighted by molar-refractivity contribution is 5.40. The number of hydrogen-bond acceptors (Lipinski definition) is 1. The van der Waals surface area contributed by atoms with Crippen LogP contribution in [0.1, 0.15) is 92.9 Å². The van der Waals surface area contributed by atoms with E-state index in [9.17, 15) is 5.11 Å². The van der Waals surface area contributed by atoms with Crippen LogP contribution >= 0.6 is 0 Å². The van der Waals surface area contributed by atoms with Gasteiger partial charge < -0.3 is 5.11 Å². The number of aliphatic hydroxyl groups is 1. The molecule has 0 aromatic carbocycles. The molecule has 4 rings (SSSR count). The molecule has 0 unspecified atom stereocenters. The Bertz CT molecular complexity index is 725. The summed E-state index contributed by atoms with van der Waals surface area (Å²) in [6.45, 7) is 14.6. The normalized spacial score (nSPS) is 41.8. The van der Waals surface area contributed by atoms with E-state index in [1.807, 2.05) is 11.1 Å². The number of fused-ring (bicyclic) bond motifs is 4. The van der Waals surface area contributed by atoms with Crippen molar-refractivity contribution in [3.05, 3.63) is 34.9 Å². The molecule has 0 radical (unpaired) electrons. The molecule has 4 aliphatic rings. The molecule has 0 aromatic rings. The first kappa shape index (κ1) is 21.4. The zero-order valence-corrected chi connectivity index (χ0v) is 19.8. The molecule has 0 heterocycles. The Labute approximate surface area is 179 Å². The largest absolute Gasteiger partial charge is 0.393 e. The van der Waals surface area contributed by atoms with Gasteiger partial charge in [0.15, 0.2) is 0 Å². The van der Waals surface area contributed by atoms with Crippen molar-refractivity contribution in [1.29, 1.82) is 0 Å². The Hall–Kier alpha value is -0.820. The van der Waals surface area contributed by atoms with Crippen LogP contribution in [-0.4, -0.2) is 11.2 Å². The summed E-state index contributed by atoms with van der Waals surface area (Å²) in [4.78, 5) is 0. The summed E-state index contributed by atoms with van der Waals surface area (Å²) in [6.07, 6.45) is 17.1. The van der Waals surface area contributed by atoms with Crippen molar-refractivity contribution in [1.82, 2.24) is 0 Å².